The van der Waals surface area contributed by atoms with Crippen LogP contribution in [0.1, 0.15) is 51.9 Å². The molecule has 2 heterocycles. The summed E-state index contributed by atoms with van der Waals surface area (Å²) in [5.41, 5.74) is 0. The third-order valence-electron chi connectivity index (χ3n) is 5.63. The third kappa shape index (κ3) is 5.31. The van der Waals surface area contributed by atoms with Crippen molar-refractivity contribution < 1.29 is 8.42 Å². The van der Waals surface area contributed by atoms with E-state index in [1.54, 1.807) is 22.8 Å². The number of nitrogens with zero attached hydrogens (tertiary/aromatic N) is 3. The van der Waals surface area contributed by atoms with Gasteiger partial charge >= 0.3 is 0 Å². The molecule has 0 radical (unpaired) electrons. The van der Waals surface area contributed by atoms with E-state index in [0.717, 1.165) is 56.1 Å². The molecule has 1 aromatic carbocycles. The molecule has 28 heavy (non-hydrogen) atoms. The highest BCUT2D eigenvalue weighted by atomic mass is 32.2. The van der Waals surface area contributed by atoms with E-state index in [1.807, 2.05) is 18.2 Å². The Hall–Kier alpha value is -1.50. The molecule has 0 unspecified atom stereocenters. The Kier molecular flexibility index (Phi) is 7.82. The molecule has 0 bridgehead atoms. The van der Waals surface area contributed by atoms with Gasteiger partial charge < -0.3 is 4.90 Å². The summed E-state index contributed by atoms with van der Waals surface area (Å²) in [6.45, 7) is 6.33. The van der Waals surface area contributed by atoms with Gasteiger partial charge in [0.15, 0.2) is 0 Å². The van der Waals surface area contributed by atoms with E-state index in [2.05, 4.69) is 16.8 Å². The maximum Gasteiger partial charge on any atom is 0.243 e. The number of piperidine rings is 1. The maximum absolute atomic E-state index is 13.6. The van der Waals surface area contributed by atoms with Crippen LogP contribution in [-0.4, -0.2) is 55.3 Å². The lowest BCUT2D eigenvalue weighted by Crippen LogP contribution is -2.41. The molecule has 6 heteroatoms. The molecule has 0 spiro atoms. The maximum atomic E-state index is 13.6. The van der Waals surface area contributed by atoms with Crippen molar-refractivity contribution >= 4 is 20.8 Å². The zero-order valence-corrected chi connectivity index (χ0v) is 17.8. The Labute approximate surface area is 169 Å². The quantitative estimate of drug-likeness (QED) is 0.555. The average Bonchev–Trinajstić information content (AvgIpc) is 2.73. The molecule has 0 aliphatic carbocycles. The predicted molar refractivity (Wildman–Crippen MR) is 115 cm³/mol. The second-order valence-electron chi connectivity index (χ2n) is 7.72. The van der Waals surface area contributed by atoms with Crippen LogP contribution in [-0.2, 0) is 10.0 Å². The van der Waals surface area contributed by atoms with E-state index >= 15 is 0 Å². The summed E-state index contributed by atoms with van der Waals surface area (Å²) in [7, 11) is -3.54. The first kappa shape index (κ1) is 21.2. The molecule has 1 fully saturated rings. The summed E-state index contributed by atoms with van der Waals surface area (Å²) in [5, 5.41) is 1.62. The van der Waals surface area contributed by atoms with Crippen LogP contribution in [0, 0.1) is 0 Å². The Morgan fingerprint density at radius 2 is 1.86 bits per heavy atom. The number of pyridine rings is 1. The summed E-state index contributed by atoms with van der Waals surface area (Å²) in [6.07, 6.45) is 11.4. The fourth-order valence-corrected chi connectivity index (χ4v) is 5.64. The number of unbranched alkanes of at least 4 members (excludes halogenated alkanes) is 3. The number of aromatic nitrogens is 1. The van der Waals surface area contributed by atoms with Crippen molar-refractivity contribution in [3.63, 3.8) is 0 Å². The Balaban J connectivity index is 1.81. The van der Waals surface area contributed by atoms with Gasteiger partial charge in [0.1, 0.15) is 0 Å². The fraction of sp³-hybridized carbons (Fsp3) is 0.591. The van der Waals surface area contributed by atoms with Gasteiger partial charge in [-0.25, -0.2) is 8.42 Å². The molecule has 0 amide bonds. The number of sulfonamides is 1. The van der Waals surface area contributed by atoms with E-state index in [1.165, 1.54) is 19.3 Å². The highest BCUT2D eigenvalue weighted by Gasteiger charge is 2.26. The van der Waals surface area contributed by atoms with E-state index in [-0.39, 0.29) is 0 Å². The lowest BCUT2D eigenvalue weighted by molar-refractivity contribution is 0.212. The first-order chi connectivity index (χ1) is 13.6. The van der Waals surface area contributed by atoms with Crippen LogP contribution in [0.2, 0.25) is 0 Å². The van der Waals surface area contributed by atoms with Gasteiger partial charge in [0, 0.05) is 42.8 Å². The largest absolute Gasteiger partial charge is 0.302 e. The Morgan fingerprint density at radius 3 is 2.64 bits per heavy atom. The van der Waals surface area contributed by atoms with E-state index in [9.17, 15) is 8.42 Å². The standard InChI is InChI=1S/C22H33N3O2S/c1-2-3-4-8-16-25(18-17-24-14-6-5-7-15-24)28(26,27)22-11-9-10-20-19-23-13-12-21(20)22/h9-13,19H,2-8,14-18H2,1H3. The number of fused-ring (bicyclic) bond motifs is 1. The van der Waals surface area contributed by atoms with Crippen LogP contribution in [0.25, 0.3) is 10.8 Å². The SMILES string of the molecule is CCCCCCN(CCN1CCCCC1)S(=O)(=O)c1cccc2cnccc12. The molecule has 1 aliphatic heterocycles. The van der Waals surface area contributed by atoms with Crippen molar-refractivity contribution in [2.75, 3.05) is 32.7 Å². The summed E-state index contributed by atoms with van der Waals surface area (Å²) in [4.78, 5) is 6.95. The predicted octanol–water partition coefficient (Wildman–Crippen LogP) is 4.29. The van der Waals surface area contributed by atoms with Crippen molar-refractivity contribution in [3.05, 3.63) is 36.7 Å². The van der Waals surface area contributed by atoms with Crippen LogP contribution in [0.4, 0.5) is 0 Å². The molecule has 0 N–H and O–H groups in total. The topological polar surface area (TPSA) is 53.5 Å². The van der Waals surface area contributed by atoms with Gasteiger partial charge in [-0.3, -0.25) is 4.98 Å². The lowest BCUT2D eigenvalue weighted by atomic mass is 10.1. The van der Waals surface area contributed by atoms with E-state index in [4.69, 9.17) is 0 Å². The monoisotopic (exact) mass is 403 g/mol. The summed E-state index contributed by atoms with van der Waals surface area (Å²) < 4.78 is 28.9. The van der Waals surface area contributed by atoms with Crippen molar-refractivity contribution in [1.82, 2.24) is 14.2 Å². The zero-order valence-electron chi connectivity index (χ0n) is 17.0. The molecular weight excluding hydrogens is 370 g/mol. The third-order valence-corrected chi connectivity index (χ3v) is 7.59. The first-order valence-electron chi connectivity index (χ1n) is 10.7. The van der Waals surface area contributed by atoms with Crippen LogP contribution in [0.3, 0.4) is 0 Å². The molecule has 1 aliphatic rings. The van der Waals surface area contributed by atoms with E-state index < -0.39 is 10.0 Å². The highest BCUT2D eigenvalue weighted by Crippen LogP contribution is 2.25. The van der Waals surface area contributed by atoms with Crippen LogP contribution < -0.4 is 0 Å². The minimum Gasteiger partial charge on any atom is -0.302 e. The number of benzene rings is 1. The summed E-state index contributed by atoms with van der Waals surface area (Å²) >= 11 is 0. The minimum absolute atomic E-state index is 0.404. The highest BCUT2D eigenvalue weighted by molar-refractivity contribution is 7.89. The molecule has 3 rings (SSSR count). The normalized spacial score (nSPS) is 16.1. The molecule has 1 aromatic heterocycles. The van der Waals surface area contributed by atoms with Crippen molar-refractivity contribution in [2.45, 2.75) is 56.8 Å². The molecule has 0 saturated carbocycles. The molecule has 2 aromatic rings. The Morgan fingerprint density at radius 1 is 1.04 bits per heavy atom. The van der Waals surface area contributed by atoms with Crippen LogP contribution in [0.15, 0.2) is 41.6 Å². The minimum atomic E-state index is -3.54. The smallest absolute Gasteiger partial charge is 0.243 e. The average molecular weight is 404 g/mol. The number of likely N-dealkylation sites (tertiary alicyclic amines) is 1. The van der Waals surface area contributed by atoms with Crippen molar-refractivity contribution in [3.8, 4) is 0 Å². The Bertz CT molecular complexity index is 842. The molecule has 154 valence electrons. The molecular formula is C22H33N3O2S. The van der Waals surface area contributed by atoms with Crippen molar-refractivity contribution in [1.29, 1.82) is 0 Å². The first-order valence-corrected chi connectivity index (χ1v) is 12.1. The molecule has 0 atom stereocenters. The van der Waals surface area contributed by atoms with Gasteiger partial charge in [0.2, 0.25) is 10.0 Å². The fourth-order valence-electron chi connectivity index (χ4n) is 3.96. The van der Waals surface area contributed by atoms with Crippen LogP contribution >= 0.6 is 0 Å². The van der Waals surface area contributed by atoms with Gasteiger partial charge in [-0.2, -0.15) is 4.31 Å². The summed E-state index contributed by atoms with van der Waals surface area (Å²) in [6, 6.07) is 7.27. The van der Waals surface area contributed by atoms with Gasteiger partial charge in [-0.1, -0.05) is 44.7 Å². The lowest BCUT2D eigenvalue weighted by Gasteiger charge is -2.30. The molecule has 5 nitrogen and oxygen atoms in total. The second-order valence-corrected chi connectivity index (χ2v) is 9.63. The van der Waals surface area contributed by atoms with Gasteiger partial charge in [0.05, 0.1) is 4.90 Å². The van der Waals surface area contributed by atoms with Crippen molar-refractivity contribution in [2.24, 2.45) is 0 Å². The number of rotatable bonds is 10. The number of hydrogen-bond acceptors (Lipinski definition) is 4. The molecule has 1 saturated heterocycles. The zero-order chi connectivity index (χ0) is 19.8. The number of hydrogen-bond donors (Lipinski definition) is 0. The van der Waals surface area contributed by atoms with Gasteiger partial charge in [0.25, 0.3) is 0 Å². The van der Waals surface area contributed by atoms with Gasteiger partial charge in [-0.15, -0.1) is 0 Å². The van der Waals surface area contributed by atoms with Gasteiger partial charge in [-0.05, 0) is 44.5 Å². The second kappa shape index (κ2) is 10.3. The van der Waals surface area contributed by atoms with E-state index in [0.29, 0.717) is 18.0 Å². The summed E-state index contributed by atoms with van der Waals surface area (Å²) in [5.74, 6) is 0. The van der Waals surface area contributed by atoms with Crippen LogP contribution in [0.5, 0.6) is 0 Å².